The van der Waals surface area contributed by atoms with Crippen LogP contribution < -0.4 is 10.6 Å². The van der Waals surface area contributed by atoms with Gasteiger partial charge in [0.15, 0.2) is 0 Å². The zero-order valence-electron chi connectivity index (χ0n) is 10.8. The summed E-state index contributed by atoms with van der Waals surface area (Å²) in [7, 11) is 0. The fraction of sp³-hybridized carbons (Fsp3) is 0.917. The molecule has 0 bridgehead atoms. The van der Waals surface area contributed by atoms with Crippen LogP contribution in [0.5, 0.6) is 0 Å². The Bertz CT molecular complexity index is 236. The lowest BCUT2D eigenvalue weighted by Gasteiger charge is -2.32. The predicted molar refractivity (Wildman–Crippen MR) is 64.4 cm³/mol. The fourth-order valence-electron chi connectivity index (χ4n) is 2.03. The number of carbonyl (C=O) groups excluding carboxylic acids is 1. The maximum atomic E-state index is 11.6. The SMILES string of the molecule is CC[C@@H]1CCNC[C@H]1NC(=O)OC(C)(C)C. The van der Waals surface area contributed by atoms with Crippen LogP contribution in [0.1, 0.15) is 40.5 Å². The molecule has 16 heavy (non-hydrogen) atoms. The van der Waals surface area contributed by atoms with Gasteiger partial charge >= 0.3 is 6.09 Å². The summed E-state index contributed by atoms with van der Waals surface area (Å²) in [6.07, 6.45) is 1.92. The Morgan fingerprint density at radius 1 is 1.50 bits per heavy atom. The van der Waals surface area contributed by atoms with Gasteiger partial charge in [0.1, 0.15) is 5.60 Å². The zero-order chi connectivity index (χ0) is 12.2. The van der Waals surface area contributed by atoms with E-state index in [9.17, 15) is 4.79 Å². The molecule has 0 aromatic carbocycles. The molecule has 1 aliphatic rings. The summed E-state index contributed by atoms with van der Waals surface area (Å²) >= 11 is 0. The van der Waals surface area contributed by atoms with Crippen molar-refractivity contribution in [1.82, 2.24) is 10.6 Å². The summed E-state index contributed by atoms with van der Waals surface area (Å²) in [5.41, 5.74) is -0.423. The first-order valence-corrected chi connectivity index (χ1v) is 6.12. The van der Waals surface area contributed by atoms with Crippen molar-refractivity contribution in [3.8, 4) is 0 Å². The highest BCUT2D eigenvalue weighted by molar-refractivity contribution is 5.68. The lowest BCUT2D eigenvalue weighted by atomic mass is 9.90. The Kier molecular flexibility index (Phi) is 4.59. The van der Waals surface area contributed by atoms with E-state index in [1.54, 1.807) is 0 Å². The highest BCUT2D eigenvalue weighted by Gasteiger charge is 2.26. The molecule has 0 spiro atoms. The van der Waals surface area contributed by atoms with Crippen molar-refractivity contribution in [3.63, 3.8) is 0 Å². The quantitative estimate of drug-likeness (QED) is 0.759. The van der Waals surface area contributed by atoms with Crippen LogP contribution in [0.4, 0.5) is 4.79 Å². The molecule has 2 atom stereocenters. The van der Waals surface area contributed by atoms with E-state index < -0.39 is 5.60 Å². The molecule has 1 aliphatic heterocycles. The Balaban J connectivity index is 2.42. The minimum absolute atomic E-state index is 0.202. The third-order valence-electron chi connectivity index (χ3n) is 2.85. The van der Waals surface area contributed by atoms with Crippen molar-refractivity contribution in [3.05, 3.63) is 0 Å². The van der Waals surface area contributed by atoms with Crippen LogP contribution in [0, 0.1) is 5.92 Å². The molecule has 1 fully saturated rings. The molecule has 4 nitrogen and oxygen atoms in total. The second-order valence-electron chi connectivity index (χ2n) is 5.41. The molecule has 4 heteroatoms. The van der Waals surface area contributed by atoms with Gasteiger partial charge in [0.05, 0.1) is 0 Å². The van der Waals surface area contributed by atoms with E-state index >= 15 is 0 Å². The zero-order valence-corrected chi connectivity index (χ0v) is 10.8. The highest BCUT2D eigenvalue weighted by Crippen LogP contribution is 2.17. The minimum Gasteiger partial charge on any atom is -0.444 e. The average Bonchev–Trinajstić information content (AvgIpc) is 2.15. The molecular weight excluding hydrogens is 204 g/mol. The van der Waals surface area contributed by atoms with Gasteiger partial charge in [-0.3, -0.25) is 0 Å². The number of carbonyl (C=O) groups is 1. The second kappa shape index (κ2) is 5.53. The molecule has 1 rings (SSSR count). The van der Waals surface area contributed by atoms with Gasteiger partial charge in [-0.2, -0.15) is 0 Å². The Morgan fingerprint density at radius 2 is 2.19 bits per heavy atom. The van der Waals surface area contributed by atoms with E-state index in [1.807, 2.05) is 20.8 Å². The molecule has 94 valence electrons. The van der Waals surface area contributed by atoms with Gasteiger partial charge in [0.2, 0.25) is 0 Å². The summed E-state index contributed by atoms with van der Waals surface area (Å²) in [5, 5.41) is 6.25. The topological polar surface area (TPSA) is 50.4 Å². The molecule has 0 aliphatic carbocycles. The fourth-order valence-corrected chi connectivity index (χ4v) is 2.03. The Hall–Kier alpha value is -0.770. The van der Waals surface area contributed by atoms with Crippen LogP contribution in [0.25, 0.3) is 0 Å². The molecule has 0 radical (unpaired) electrons. The van der Waals surface area contributed by atoms with Gasteiger partial charge in [-0.1, -0.05) is 13.3 Å². The highest BCUT2D eigenvalue weighted by atomic mass is 16.6. The normalized spacial score (nSPS) is 26.2. The predicted octanol–water partition coefficient (Wildman–Crippen LogP) is 1.90. The number of nitrogens with one attached hydrogen (secondary N) is 2. The molecule has 1 amide bonds. The number of ether oxygens (including phenoxy) is 1. The van der Waals surface area contributed by atoms with Crippen LogP contribution in [0.15, 0.2) is 0 Å². The third-order valence-corrected chi connectivity index (χ3v) is 2.85. The largest absolute Gasteiger partial charge is 0.444 e. The molecule has 0 saturated carbocycles. The minimum atomic E-state index is -0.423. The van der Waals surface area contributed by atoms with E-state index in [-0.39, 0.29) is 12.1 Å². The summed E-state index contributed by atoms with van der Waals surface area (Å²) in [4.78, 5) is 11.6. The summed E-state index contributed by atoms with van der Waals surface area (Å²) in [6.45, 7) is 9.69. The van der Waals surface area contributed by atoms with E-state index in [0.717, 1.165) is 25.9 Å². The molecule has 0 aromatic rings. The van der Waals surface area contributed by atoms with Crippen molar-refractivity contribution in [2.24, 2.45) is 5.92 Å². The molecule has 0 unspecified atom stereocenters. The van der Waals surface area contributed by atoms with Crippen LogP contribution in [0.3, 0.4) is 0 Å². The number of hydrogen-bond donors (Lipinski definition) is 2. The Labute approximate surface area is 98.1 Å². The first kappa shape index (κ1) is 13.3. The van der Waals surface area contributed by atoms with Crippen molar-refractivity contribution >= 4 is 6.09 Å². The first-order chi connectivity index (χ1) is 7.42. The standard InChI is InChI=1S/C12H24N2O2/c1-5-9-6-7-13-8-10(9)14-11(15)16-12(2,3)4/h9-10,13H,5-8H2,1-4H3,(H,14,15)/t9-,10-/m1/s1. The average molecular weight is 228 g/mol. The van der Waals surface area contributed by atoms with Crippen molar-refractivity contribution in [2.75, 3.05) is 13.1 Å². The van der Waals surface area contributed by atoms with Crippen LogP contribution in [-0.2, 0) is 4.74 Å². The maximum absolute atomic E-state index is 11.6. The molecule has 1 saturated heterocycles. The number of alkyl carbamates (subject to hydrolysis) is 1. The smallest absolute Gasteiger partial charge is 0.407 e. The van der Waals surface area contributed by atoms with Crippen molar-refractivity contribution in [1.29, 1.82) is 0 Å². The van der Waals surface area contributed by atoms with Crippen LogP contribution in [0.2, 0.25) is 0 Å². The molecular formula is C12H24N2O2. The number of amides is 1. The summed E-state index contributed by atoms with van der Waals surface area (Å²) in [5.74, 6) is 0.564. The van der Waals surface area contributed by atoms with Gasteiger partial charge in [0.25, 0.3) is 0 Å². The van der Waals surface area contributed by atoms with Crippen LogP contribution in [-0.4, -0.2) is 30.8 Å². The number of piperidine rings is 1. The first-order valence-electron chi connectivity index (χ1n) is 6.12. The van der Waals surface area contributed by atoms with Gasteiger partial charge < -0.3 is 15.4 Å². The third kappa shape index (κ3) is 4.39. The van der Waals surface area contributed by atoms with E-state index in [2.05, 4.69) is 17.6 Å². The second-order valence-corrected chi connectivity index (χ2v) is 5.41. The van der Waals surface area contributed by atoms with Crippen LogP contribution >= 0.6 is 0 Å². The summed E-state index contributed by atoms with van der Waals surface area (Å²) < 4.78 is 5.26. The molecule has 0 aromatic heterocycles. The number of rotatable bonds is 2. The number of hydrogen-bond acceptors (Lipinski definition) is 3. The molecule has 2 N–H and O–H groups in total. The lowest BCUT2D eigenvalue weighted by Crippen LogP contribution is -2.51. The van der Waals surface area contributed by atoms with Crippen molar-refractivity contribution in [2.45, 2.75) is 52.2 Å². The molecule has 1 heterocycles. The lowest BCUT2D eigenvalue weighted by molar-refractivity contribution is 0.0474. The maximum Gasteiger partial charge on any atom is 0.407 e. The van der Waals surface area contributed by atoms with E-state index in [4.69, 9.17) is 4.74 Å². The van der Waals surface area contributed by atoms with Gasteiger partial charge in [0, 0.05) is 12.6 Å². The van der Waals surface area contributed by atoms with Gasteiger partial charge in [-0.15, -0.1) is 0 Å². The van der Waals surface area contributed by atoms with E-state index in [1.165, 1.54) is 0 Å². The Morgan fingerprint density at radius 3 is 2.75 bits per heavy atom. The van der Waals surface area contributed by atoms with E-state index in [0.29, 0.717) is 5.92 Å². The monoisotopic (exact) mass is 228 g/mol. The van der Waals surface area contributed by atoms with Crippen molar-refractivity contribution < 1.29 is 9.53 Å². The summed E-state index contributed by atoms with van der Waals surface area (Å²) in [6, 6.07) is 0.202. The van der Waals surface area contributed by atoms with Gasteiger partial charge in [-0.25, -0.2) is 4.79 Å². The van der Waals surface area contributed by atoms with Gasteiger partial charge in [-0.05, 0) is 39.7 Å².